The minimum Gasteiger partial charge on any atom is -0.370 e. The van der Waals surface area contributed by atoms with E-state index in [2.05, 4.69) is 22.9 Å². The van der Waals surface area contributed by atoms with Gasteiger partial charge in [-0.1, -0.05) is 54.2 Å². The topological polar surface area (TPSA) is 26.3 Å². The highest BCUT2D eigenvalue weighted by Crippen LogP contribution is 2.28. The second kappa shape index (κ2) is 7.20. The van der Waals surface area contributed by atoms with E-state index in [1.54, 1.807) is 0 Å². The molecule has 0 aromatic heterocycles. The van der Waals surface area contributed by atoms with E-state index in [1.807, 2.05) is 24.3 Å². The smallest absolute Gasteiger partial charge is 0.188 e. The third-order valence-electron chi connectivity index (χ3n) is 3.91. The molecule has 2 atom stereocenters. The second-order valence-corrected chi connectivity index (χ2v) is 6.22. The largest absolute Gasteiger partial charge is 0.370 e. The third kappa shape index (κ3) is 4.43. The molecule has 1 fully saturated rings. The van der Waals surface area contributed by atoms with Crippen LogP contribution in [0.15, 0.2) is 28.7 Å². The molecule has 1 aromatic rings. The van der Waals surface area contributed by atoms with Crippen molar-refractivity contribution in [3.05, 3.63) is 34.3 Å². The normalized spacial score (nSPS) is 23.3. The lowest BCUT2D eigenvalue weighted by Gasteiger charge is -2.28. The van der Waals surface area contributed by atoms with Crippen LogP contribution in [0.1, 0.15) is 49.4 Å². The summed E-state index contributed by atoms with van der Waals surface area (Å²) in [6.45, 7) is 2.44. The fourth-order valence-corrected chi connectivity index (χ4v) is 3.10. The molecule has 1 aliphatic carbocycles. The zero-order chi connectivity index (χ0) is 13.7. The Morgan fingerprint density at radius 1 is 1.42 bits per heavy atom. The Bertz CT molecular complexity index is 431. The molecule has 0 aliphatic heterocycles. The van der Waals surface area contributed by atoms with Crippen molar-refractivity contribution >= 4 is 21.7 Å². The van der Waals surface area contributed by atoms with Crippen molar-refractivity contribution in [3.63, 3.8) is 0 Å². The number of hydrogen-bond acceptors (Lipinski definition) is 2. The molecular formula is C16H21BrO2. The van der Waals surface area contributed by atoms with Crippen LogP contribution in [0.5, 0.6) is 0 Å². The van der Waals surface area contributed by atoms with Gasteiger partial charge in [-0.25, -0.2) is 0 Å². The number of carbonyl (C=O) groups is 1. The molecule has 0 N–H and O–H groups in total. The van der Waals surface area contributed by atoms with Gasteiger partial charge >= 0.3 is 0 Å². The highest BCUT2D eigenvalue weighted by molar-refractivity contribution is 9.10. The van der Waals surface area contributed by atoms with Crippen molar-refractivity contribution in [1.82, 2.24) is 0 Å². The Balaban J connectivity index is 1.83. The molecule has 2 unspecified atom stereocenters. The minimum atomic E-state index is 0.0694. The fraction of sp³-hybridized carbons (Fsp3) is 0.562. The molecule has 0 saturated heterocycles. The highest BCUT2D eigenvalue weighted by atomic mass is 79.9. The van der Waals surface area contributed by atoms with Crippen molar-refractivity contribution in [2.24, 2.45) is 5.92 Å². The Kier molecular flexibility index (Phi) is 5.59. The summed E-state index contributed by atoms with van der Waals surface area (Å²) in [6, 6.07) is 7.49. The summed E-state index contributed by atoms with van der Waals surface area (Å²) in [6.07, 6.45) is 6.25. The number of Topliss-reactive ketones (excluding diaryl/α,β-unsaturated/α-hetero) is 1. The summed E-state index contributed by atoms with van der Waals surface area (Å²) in [5.41, 5.74) is 0.720. The van der Waals surface area contributed by atoms with Crippen molar-refractivity contribution in [2.75, 3.05) is 6.61 Å². The Labute approximate surface area is 123 Å². The maximum atomic E-state index is 12.0. The first kappa shape index (κ1) is 14.7. The molecule has 2 rings (SSSR count). The van der Waals surface area contributed by atoms with Crippen LogP contribution in [0.4, 0.5) is 0 Å². The van der Waals surface area contributed by atoms with Gasteiger partial charge in [-0.3, -0.25) is 4.79 Å². The first-order valence-corrected chi connectivity index (χ1v) is 7.88. The van der Waals surface area contributed by atoms with Gasteiger partial charge in [0.1, 0.15) is 6.61 Å². The monoisotopic (exact) mass is 324 g/mol. The molecule has 1 aromatic carbocycles. The van der Waals surface area contributed by atoms with Crippen LogP contribution >= 0.6 is 15.9 Å². The lowest BCUT2D eigenvalue weighted by molar-refractivity contribution is 0.0156. The van der Waals surface area contributed by atoms with Gasteiger partial charge in [0.2, 0.25) is 0 Å². The Morgan fingerprint density at radius 2 is 2.26 bits per heavy atom. The standard InChI is InChI=1S/C16H21BrO2/c1-2-12-5-3-8-15(9-12)19-11-16(18)13-6-4-7-14(17)10-13/h4,6-7,10,12,15H,2-3,5,8-9,11H2,1H3. The van der Waals surface area contributed by atoms with Gasteiger partial charge in [0.25, 0.3) is 0 Å². The number of hydrogen-bond donors (Lipinski definition) is 0. The summed E-state index contributed by atoms with van der Waals surface area (Å²) < 4.78 is 6.74. The zero-order valence-corrected chi connectivity index (χ0v) is 13.0. The first-order valence-electron chi connectivity index (χ1n) is 7.09. The van der Waals surface area contributed by atoms with Gasteiger partial charge < -0.3 is 4.74 Å². The third-order valence-corrected chi connectivity index (χ3v) is 4.40. The Hall–Kier alpha value is -0.670. The zero-order valence-electron chi connectivity index (χ0n) is 11.4. The SMILES string of the molecule is CCC1CCCC(OCC(=O)c2cccc(Br)c2)C1. The van der Waals surface area contributed by atoms with Gasteiger partial charge in [-0.15, -0.1) is 0 Å². The maximum Gasteiger partial charge on any atom is 0.188 e. The number of rotatable bonds is 5. The van der Waals surface area contributed by atoms with Gasteiger partial charge in [0, 0.05) is 10.0 Å². The number of halogens is 1. The molecule has 0 amide bonds. The average molecular weight is 325 g/mol. The molecule has 19 heavy (non-hydrogen) atoms. The maximum absolute atomic E-state index is 12.0. The number of ether oxygens (including phenoxy) is 1. The summed E-state index contributed by atoms with van der Waals surface area (Å²) in [7, 11) is 0. The minimum absolute atomic E-state index is 0.0694. The summed E-state index contributed by atoms with van der Waals surface area (Å²) in [5, 5.41) is 0. The average Bonchev–Trinajstić information content (AvgIpc) is 2.45. The van der Waals surface area contributed by atoms with Crippen LogP contribution in [0.3, 0.4) is 0 Å². The van der Waals surface area contributed by atoms with E-state index in [-0.39, 0.29) is 18.5 Å². The van der Waals surface area contributed by atoms with Crippen LogP contribution in [-0.4, -0.2) is 18.5 Å². The van der Waals surface area contributed by atoms with E-state index < -0.39 is 0 Å². The lowest BCUT2D eigenvalue weighted by Crippen LogP contribution is -2.25. The van der Waals surface area contributed by atoms with E-state index >= 15 is 0 Å². The van der Waals surface area contributed by atoms with Crippen LogP contribution < -0.4 is 0 Å². The second-order valence-electron chi connectivity index (χ2n) is 5.31. The van der Waals surface area contributed by atoms with Crippen molar-refractivity contribution in [3.8, 4) is 0 Å². The van der Waals surface area contributed by atoms with Crippen LogP contribution in [-0.2, 0) is 4.74 Å². The van der Waals surface area contributed by atoms with Crippen molar-refractivity contribution < 1.29 is 9.53 Å². The van der Waals surface area contributed by atoms with Gasteiger partial charge in [-0.2, -0.15) is 0 Å². The molecule has 104 valence electrons. The van der Waals surface area contributed by atoms with Gasteiger partial charge in [0.15, 0.2) is 5.78 Å². The lowest BCUT2D eigenvalue weighted by atomic mass is 9.85. The van der Waals surface area contributed by atoms with E-state index in [1.165, 1.54) is 19.3 Å². The summed E-state index contributed by atoms with van der Waals surface area (Å²) in [4.78, 5) is 12.0. The summed E-state index contributed by atoms with van der Waals surface area (Å²) >= 11 is 3.38. The van der Waals surface area contributed by atoms with Gasteiger partial charge in [0.05, 0.1) is 6.10 Å². The first-order chi connectivity index (χ1) is 9.19. The van der Waals surface area contributed by atoms with E-state index in [4.69, 9.17) is 4.74 Å². The molecule has 2 nitrogen and oxygen atoms in total. The van der Waals surface area contributed by atoms with E-state index in [0.717, 1.165) is 28.8 Å². The van der Waals surface area contributed by atoms with Gasteiger partial charge in [-0.05, 0) is 30.9 Å². The molecule has 0 bridgehead atoms. The predicted molar refractivity (Wildman–Crippen MR) is 80.5 cm³/mol. The van der Waals surface area contributed by atoms with Crippen LogP contribution in [0, 0.1) is 5.92 Å². The Morgan fingerprint density at radius 3 is 3.00 bits per heavy atom. The predicted octanol–water partition coefficient (Wildman–Crippen LogP) is 4.62. The number of benzene rings is 1. The van der Waals surface area contributed by atoms with E-state index in [9.17, 15) is 4.79 Å². The molecular weight excluding hydrogens is 304 g/mol. The van der Waals surface area contributed by atoms with Crippen LogP contribution in [0.2, 0.25) is 0 Å². The molecule has 0 heterocycles. The highest BCUT2D eigenvalue weighted by Gasteiger charge is 2.22. The van der Waals surface area contributed by atoms with E-state index in [0.29, 0.717) is 0 Å². The number of carbonyl (C=O) groups excluding carboxylic acids is 1. The molecule has 1 aliphatic rings. The molecule has 0 spiro atoms. The molecule has 3 heteroatoms. The molecule has 0 radical (unpaired) electrons. The summed E-state index contributed by atoms with van der Waals surface area (Å²) in [5.74, 6) is 0.847. The quantitative estimate of drug-likeness (QED) is 0.739. The van der Waals surface area contributed by atoms with Crippen molar-refractivity contribution in [2.45, 2.75) is 45.1 Å². The van der Waals surface area contributed by atoms with Crippen molar-refractivity contribution in [1.29, 1.82) is 0 Å². The van der Waals surface area contributed by atoms with Crippen LogP contribution in [0.25, 0.3) is 0 Å². The fourth-order valence-electron chi connectivity index (χ4n) is 2.70. The number of ketones is 1. The molecule has 1 saturated carbocycles.